The first-order valence-corrected chi connectivity index (χ1v) is 8.13. The molecule has 118 valence electrons. The van der Waals surface area contributed by atoms with Crippen LogP contribution in [0.15, 0.2) is 12.4 Å². The first kappa shape index (κ1) is 16.3. The minimum atomic E-state index is -0.350. The summed E-state index contributed by atoms with van der Waals surface area (Å²) in [6.45, 7) is 3.15. The van der Waals surface area contributed by atoms with Crippen LogP contribution in [-0.2, 0) is 9.53 Å². The van der Waals surface area contributed by atoms with Crippen molar-refractivity contribution in [3.05, 3.63) is 17.4 Å². The van der Waals surface area contributed by atoms with E-state index in [2.05, 4.69) is 10.4 Å². The summed E-state index contributed by atoms with van der Waals surface area (Å²) in [6.07, 6.45) is 10.7. The number of nitrogens with zero attached hydrogens (tertiary/aromatic N) is 2. The second-order valence-corrected chi connectivity index (χ2v) is 6.03. The van der Waals surface area contributed by atoms with Crippen molar-refractivity contribution in [2.45, 2.75) is 57.6 Å². The number of nitrogens with one attached hydrogen (secondary N) is 1. The summed E-state index contributed by atoms with van der Waals surface area (Å²) in [6, 6.07) is -0.350. The third-order valence-corrected chi connectivity index (χ3v) is 4.07. The molecule has 1 fully saturated rings. The van der Waals surface area contributed by atoms with Gasteiger partial charge in [-0.25, -0.2) is 0 Å². The monoisotopic (exact) mass is 313 g/mol. The average Bonchev–Trinajstić information content (AvgIpc) is 2.93. The van der Waals surface area contributed by atoms with Gasteiger partial charge in [-0.05, 0) is 26.2 Å². The number of hydrogen-bond donors (Lipinski definition) is 1. The molecule has 21 heavy (non-hydrogen) atoms. The molecule has 1 atom stereocenters. The molecule has 0 bridgehead atoms. The van der Waals surface area contributed by atoms with Gasteiger partial charge in [-0.1, -0.05) is 30.9 Å². The van der Waals surface area contributed by atoms with Crippen molar-refractivity contribution in [2.75, 3.05) is 13.2 Å². The quantitative estimate of drug-likeness (QED) is 0.787. The molecule has 1 aliphatic rings. The van der Waals surface area contributed by atoms with E-state index in [1.54, 1.807) is 17.8 Å². The van der Waals surface area contributed by atoms with Gasteiger partial charge in [-0.15, -0.1) is 0 Å². The van der Waals surface area contributed by atoms with Crippen molar-refractivity contribution < 1.29 is 9.53 Å². The van der Waals surface area contributed by atoms with Crippen LogP contribution in [-0.4, -0.2) is 34.9 Å². The van der Waals surface area contributed by atoms with Crippen molar-refractivity contribution >= 4 is 17.5 Å². The second kappa shape index (κ2) is 8.39. The van der Waals surface area contributed by atoms with E-state index in [0.717, 1.165) is 6.42 Å². The Balaban J connectivity index is 1.58. The SMILES string of the molecule is CC(C(=O)NCCCOC1CCCCC1)n1cc(Cl)cn1. The van der Waals surface area contributed by atoms with Crippen LogP contribution in [0.1, 0.15) is 51.5 Å². The maximum Gasteiger partial charge on any atom is 0.244 e. The Kier molecular flexibility index (Phi) is 6.51. The molecule has 1 unspecified atom stereocenters. The van der Waals surface area contributed by atoms with Crippen molar-refractivity contribution in [3.63, 3.8) is 0 Å². The number of halogens is 1. The Morgan fingerprint density at radius 2 is 2.29 bits per heavy atom. The lowest BCUT2D eigenvalue weighted by Crippen LogP contribution is -2.32. The normalized spacial score (nSPS) is 17.6. The van der Waals surface area contributed by atoms with Gasteiger partial charge in [-0.3, -0.25) is 9.48 Å². The number of amides is 1. The topological polar surface area (TPSA) is 56.1 Å². The number of ether oxygens (including phenoxy) is 1. The van der Waals surface area contributed by atoms with Gasteiger partial charge in [0, 0.05) is 19.3 Å². The highest BCUT2D eigenvalue weighted by Crippen LogP contribution is 2.20. The van der Waals surface area contributed by atoms with Gasteiger partial charge in [0.25, 0.3) is 0 Å². The maximum atomic E-state index is 12.0. The van der Waals surface area contributed by atoms with Crippen LogP contribution >= 0.6 is 11.6 Å². The molecule has 6 heteroatoms. The number of carbonyl (C=O) groups excluding carboxylic acids is 1. The summed E-state index contributed by atoms with van der Waals surface area (Å²) in [5.74, 6) is -0.0487. The Morgan fingerprint density at radius 3 is 2.95 bits per heavy atom. The maximum absolute atomic E-state index is 12.0. The van der Waals surface area contributed by atoms with E-state index >= 15 is 0 Å². The highest BCUT2D eigenvalue weighted by molar-refractivity contribution is 6.30. The summed E-state index contributed by atoms with van der Waals surface area (Å²) in [7, 11) is 0. The third kappa shape index (κ3) is 5.32. The summed E-state index contributed by atoms with van der Waals surface area (Å²) >= 11 is 5.80. The van der Waals surface area contributed by atoms with Crippen LogP contribution in [0.4, 0.5) is 0 Å². The molecule has 0 radical (unpaired) electrons. The molecular formula is C15H24ClN3O2. The van der Waals surface area contributed by atoms with Crippen LogP contribution in [0.2, 0.25) is 5.02 Å². The van der Waals surface area contributed by atoms with E-state index in [1.165, 1.54) is 38.3 Å². The highest BCUT2D eigenvalue weighted by Gasteiger charge is 2.16. The second-order valence-electron chi connectivity index (χ2n) is 5.59. The molecule has 1 heterocycles. The van der Waals surface area contributed by atoms with Crippen LogP contribution in [0.25, 0.3) is 0 Å². The standard InChI is InChI=1S/C15H24ClN3O2/c1-12(19-11-13(16)10-18-19)15(20)17-8-5-9-21-14-6-3-2-4-7-14/h10-12,14H,2-9H2,1H3,(H,17,20). The predicted octanol–water partition coefficient (Wildman–Crippen LogP) is 2.95. The van der Waals surface area contributed by atoms with Gasteiger partial charge in [0.15, 0.2) is 0 Å². The highest BCUT2D eigenvalue weighted by atomic mass is 35.5. The van der Waals surface area contributed by atoms with E-state index in [0.29, 0.717) is 24.3 Å². The molecule has 1 aromatic rings. The van der Waals surface area contributed by atoms with Gasteiger partial charge in [0.2, 0.25) is 5.91 Å². The number of rotatable bonds is 7. The third-order valence-electron chi connectivity index (χ3n) is 3.87. The minimum absolute atomic E-state index is 0.0487. The molecule has 0 spiro atoms. The summed E-state index contributed by atoms with van der Waals surface area (Å²) in [4.78, 5) is 12.0. The zero-order valence-electron chi connectivity index (χ0n) is 12.6. The minimum Gasteiger partial charge on any atom is -0.378 e. The first-order valence-electron chi connectivity index (χ1n) is 7.76. The fraction of sp³-hybridized carbons (Fsp3) is 0.733. The fourth-order valence-corrected chi connectivity index (χ4v) is 2.70. The van der Waals surface area contributed by atoms with Crippen molar-refractivity contribution in [1.29, 1.82) is 0 Å². The first-order chi connectivity index (χ1) is 10.2. The van der Waals surface area contributed by atoms with Gasteiger partial charge < -0.3 is 10.1 Å². The van der Waals surface area contributed by atoms with E-state index in [4.69, 9.17) is 16.3 Å². The number of carbonyl (C=O) groups is 1. The van der Waals surface area contributed by atoms with Crippen LogP contribution in [0.5, 0.6) is 0 Å². The van der Waals surface area contributed by atoms with E-state index in [9.17, 15) is 4.79 Å². The van der Waals surface area contributed by atoms with Gasteiger partial charge in [0.05, 0.1) is 17.3 Å². The Labute approximate surface area is 131 Å². The van der Waals surface area contributed by atoms with Crippen molar-refractivity contribution in [2.24, 2.45) is 0 Å². The number of hydrogen-bond acceptors (Lipinski definition) is 3. The zero-order valence-corrected chi connectivity index (χ0v) is 13.3. The summed E-state index contributed by atoms with van der Waals surface area (Å²) < 4.78 is 7.39. The molecule has 0 aliphatic heterocycles. The molecule has 2 rings (SSSR count). The van der Waals surface area contributed by atoms with Crippen molar-refractivity contribution in [1.82, 2.24) is 15.1 Å². The summed E-state index contributed by atoms with van der Waals surface area (Å²) in [5.41, 5.74) is 0. The fourth-order valence-electron chi connectivity index (χ4n) is 2.56. The zero-order chi connectivity index (χ0) is 15.1. The van der Waals surface area contributed by atoms with E-state index in [-0.39, 0.29) is 11.9 Å². The average molecular weight is 314 g/mol. The molecule has 1 saturated carbocycles. The Morgan fingerprint density at radius 1 is 1.52 bits per heavy atom. The lowest BCUT2D eigenvalue weighted by Gasteiger charge is -2.22. The van der Waals surface area contributed by atoms with Gasteiger partial charge in [0.1, 0.15) is 6.04 Å². The van der Waals surface area contributed by atoms with Crippen molar-refractivity contribution in [3.8, 4) is 0 Å². The lowest BCUT2D eigenvalue weighted by molar-refractivity contribution is -0.124. The van der Waals surface area contributed by atoms with E-state index in [1.807, 2.05) is 0 Å². The lowest BCUT2D eigenvalue weighted by atomic mass is 9.98. The molecule has 5 nitrogen and oxygen atoms in total. The predicted molar refractivity (Wildman–Crippen MR) is 82.4 cm³/mol. The smallest absolute Gasteiger partial charge is 0.244 e. The van der Waals surface area contributed by atoms with Crippen LogP contribution in [0, 0.1) is 0 Å². The molecule has 1 aromatic heterocycles. The Hall–Kier alpha value is -1.07. The van der Waals surface area contributed by atoms with Gasteiger partial charge >= 0.3 is 0 Å². The molecule has 1 amide bonds. The Bertz CT molecular complexity index is 444. The van der Waals surface area contributed by atoms with Crippen LogP contribution < -0.4 is 5.32 Å². The molecular weight excluding hydrogens is 290 g/mol. The molecule has 1 N–H and O–H groups in total. The summed E-state index contributed by atoms with van der Waals surface area (Å²) in [5, 5.41) is 7.48. The van der Waals surface area contributed by atoms with Gasteiger partial charge in [-0.2, -0.15) is 5.10 Å². The number of aromatic nitrogens is 2. The molecule has 0 aromatic carbocycles. The largest absolute Gasteiger partial charge is 0.378 e. The molecule has 1 aliphatic carbocycles. The molecule has 0 saturated heterocycles. The van der Waals surface area contributed by atoms with Crippen LogP contribution in [0.3, 0.4) is 0 Å². The van der Waals surface area contributed by atoms with E-state index < -0.39 is 0 Å².